The van der Waals surface area contributed by atoms with Crippen molar-refractivity contribution >= 4 is 51.0 Å². The van der Waals surface area contributed by atoms with Crippen LogP contribution in [-0.2, 0) is 41.5 Å². The maximum Gasteiger partial charge on any atom is 0.328 e. The van der Waals surface area contributed by atoms with Crippen LogP contribution >= 0.6 is 0 Å². The fourth-order valence-corrected chi connectivity index (χ4v) is 6.61. The van der Waals surface area contributed by atoms with Gasteiger partial charge in [-0.05, 0) is 57.6 Å². The molecule has 0 aliphatic carbocycles. The van der Waals surface area contributed by atoms with E-state index < -0.39 is 47.9 Å². The van der Waals surface area contributed by atoms with Crippen LogP contribution in [0.4, 0.5) is 5.69 Å². The van der Waals surface area contributed by atoms with Gasteiger partial charge >= 0.3 is 11.9 Å². The van der Waals surface area contributed by atoms with E-state index in [1.807, 2.05) is 84.9 Å². The minimum atomic E-state index is -0.948. The van der Waals surface area contributed by atoms with E-state index in [0.717, 1.165) is 32.7 Å². The lowest BCUT2D eigenvalue weighted by atomic mass is 10.0. The Labute approximate surface area is 284 Å². The average Bonchev–Trinajstić information content (AvgIpc) is 3.60. The van der Waals surface area contributed by atoms with Gasteiger partial charge in [0, 0.05) is 30.9 Å². The second-order valence-corrected chi connectivity index (χ2v) is 12.2. The number of carbonyl (C=O) groups excluding carboxylic acids is 4. The van der Waals surface area contributed by atoms with Gasteiger partial charge in [0.25, 0.3) is 0 Å². The van der Waals surface area contributed by atoms with Gasteiger partial charge in [-0.25, -0.2) is 9.59 Å². The summed E-state index contributed by atoms with van der Waals surface area (Å²) in [5.74, 6) is -1.97. The maximum absolute atomic E-state index is 14.0. The normalized spacial score (nSPS) is 16.9. The first kappa shape index (κ1) is 33.1. The molecule has 2 N–H and O–H groups in total. The summed E-state index contributed by atoms with van der Waals surface area (Å²) >= 11 is 0. The largest absolute Gasteiger partial charge is 0.467 e. The molecule has 4 aromatic carbocycles. The molecular weight excluding hydrogens is 620 g/mol. The number of nitrogens with zero attached hydrogens (tertiary/aromatic N) is 2. The van der Waals surface area contributed by atoms with Crippen molar-refractivity contribution < 1.29 is 28.7 Å². The van der Waals surface area contributed by atoms with Crippen molar-refractivity contribution in [2.45, 2.75) is 49.9 Å². The Balaban J connectivity index is 1.21. The van der Waals surface area contributed by atoms with Crippen LogP contribution < -0.4 is 15.5 Å². The molecule has 0 radical (unpaired) electrons. The number of esters is 2. The van der Waals surface area contributed by atoms with Gasteiger partial charge in [0.15, 0.2) is 0 Å². The van der Waals surface area contributed by atoms with E-state index in [1.165, 1.54) is 14.2 Å². The van der Waals surface area contributed by atoms with E-state index in [4.69, 9.17) is 9.47 Å². The third kappa shape index (κ3) is 7.54. The van der Waals surface area contributed by atoms with E-state index in [-0.39, 0.29) is 12.8 Å². The minimum absolute atomic E-state index is 0.227. The monoisotopic (exact) mass is 658 g/mol. The van der Waals surface area contributed by atoms with E-state index >= 15 is 0 Å². The topological polar surface area (TPSA) is 127 Å². The minimum Gasteiger partial charge on any atom is -0.467 e. The first-order valence-corrected chi connectivity index (χ1v) is 16.2. The quantitative estimate of drug-likeness (QED) is 0.198. The van der Waals surface area contributed by atoms with Gasteiger partial charge in [0.05, 0.1) is 14.2 Å². The third-order valence-corrected chi connectivity index (χ3v) is 9.06. The molecule has 4 atom stereocenters. The van der Waals surface area contributed by atoms with Gasteiger partial charge in [-0.2, -0.15) is 0 Å². The van der Waals surface area contributed by atoms with E-state index in [9.17, 15) is 19.2 Å². The summed E-state index contributed by atoms with van der Waals surface area (Å²) in [5.41, 5.74) is 2.34. The highest BCUT2D eigenvalue weighted by Gasteiger charge is 2.43. The Morgan fingerprint density at radius 2 is 1.08 bits per heavy atom. The average molecular weight is 659 g/mol. The number of rotatable bonds is 11. The first-order chi connectivity index (χ1) is 23.8. The highest BCUT2D eigenvalue weighted by molar-refractivity contribution is 5.96. The molecule has 10 heteroatoms. The molecule has 49 heavy (non-hydrogen) atoms. The van der Waals surface area contributed by atoms with Crippen molar-refractivity contribution in [2.24, 2.45) is 0 Å². The molecule has 250 valence electrons. The fraction of sp³-hybridized carbons (Fsp3) is 0.256. The zero-order valence-electron chi connectivity index (χ0n) is 27.4. The number of amides is 2. The van der Waals surface area contributed by atoms with Crippen LogP contribution in [0.2, 0.25) is 0 Å². The van der Waals surface area contributed by atoms with Crippen LogP contribution in [-0.4, -0.2) is 67.1 Å². The predicted octanol–water partition coefficient (Wildman–Crippen LogP) is 4.53. The van der Waals surface area contributed by atoms with Crippen molar-refractivity contribution in [1.82, 2.24) is 15.6 Å². The van der Waals surface area contributed by atoms with Crippen molar-refractivity contribution in [2.75, 3.05) is 19.1 Å². The van der Waals surface area contributed by atoms with Gasteiger partial charge in [-0.1, -0.05) is 84.9 Å². The number of benzene rings is 4. The Bertz CT molecular complexity index is 1860. The molecule has 5 aromatic rings. The number of pyridine rings is 1. The van der Waals surface area contributed by atoms with Crippen molar-refractivity contribution in [3.8, 4) is 0 Å². The van der Waals surface area contributed by atoms with Gasteiger partial charge in [0.2, 0.25) is 11.8 Å². The van der Waals surface area contributed by atoms with Crippen molar-refractivity contribution in [1.29, 1.82) is 0 Å². The van der Waals surface area contributed by atoms with Gasteiger partial charge in [0.1, 0.15) is 24.2 Å². The SMILES string of the molecule is COC(=O)[C@@H](Cc1ccc2ccccc2c1)NC(=O)[C@@H]1CC[C@@H](C(=O)N[C@H](Cc2ccc3ccccc3c2)C(=O)OC)N1c1ccncc1. The lowest BCUT2D eigenvalue weighted by Gasteiger charge is -2.32. The Kier molecular flexibility index (Phi) is 10.1. The summed E-state index contributed by atoms with van der Waals surface area (Å²) in [7, 11) is 2.58. The molecule has 10 nitrogen and oxygen atoms in total. The van der Waals surface area contributed by atoms with E-state index in [2.05, 4.69) is 15.6 Å². The molecule has 2 amide bonds. The number of fused-ring (bicyclic) bond motifs is 2. The molecule has 1 fully saturated rings. The highest BCUT2D eigenvalue weighted by Crippen LogP contribution is 2.31. The molecule has 0 saturated carbocycles. The zero-order valence-corrected chi connectivity index (χ0v) is 27.4. The molecule has 1 saturated heterocycles. The number of hydrogen-bond acceptors (Lipinski definition) is 8. The summed E-state index contributed by atoms with van der Waals surface area (Å²) in [6, 6.07) is 27.6. The number of nitrogens with one attached hydrogen (secondary N) is 2. The molecule has 0 unspecified atom stereocenters. The van der Waals surface area contributed by atoms with Gasteiger partial charge in [-0.15, -0.1) is 0 Å². The van der Waals surface area contributed by atoms with Gasteiger partial charge in [-0.3, -0.25) is 14.6 Å². The summed E-state index contributed by atoms with van der Waals surface area (Å²) in [4.78, 5) is 59.6. The zero-order chi connectivity index (χ0) is 34.3. The maximum atomic E-state index is 14.0. The second-order valence-electron chi connectivity index (χ2n) is 12.2. The number of carbonyl (C=O) groups is 4. The molecule has 0 bridgehead atoms. The molecular formula is C39H38N4O6. The van der Waals surface area contributed by atoms with Crippen LogP contribution in [0.15, 0.2) is 109 Å². The first-order valence-electron chi connectivity index (χ1n) is 16.2. The van der Waals surface area contributed by atoms with Crippen LogP contribution in [0.5, 0.6) is 0 Å². The predicted molar refractivity (Wildman–Crippen MR) is 187 cm³/mol. The lowest BCUT2D eigenvalue weighted by molar-refractivity contribution is -0.145. The highest BCUT2D eigenvalue weighted by atomic mass is 16.5. The summed E-state index contributed by atoms with van der Waals surface area (Å²) < 4.78 is 10.1. The van der Waals surface area contributed by atoms with Crippen LogP contribution in [0.25, 0.3) is 21.5 Å². The number of anilines is 1. The van der Waals surface area contributed by atoms with Gasteiger partial charge < -0.3 is 25.0 Å². The van der Waals surface area contributed by atoms with Crippen LogP contribution in [0, 0.1) is 0 Å². The molecule has 1 aliphatic heterocycles. The Morgan fingerprint density at radius 1 is 0.653 bits per heavy atom. The molecule has 2 heterocycles. The third-order valence-electron chi connectivity index (χ3n) is 9.06. The smallest absolute Gasteiger partial charge is 0.328 e. The van der Waals surface area contributed by atoms with Crippen molar-refractivity contribution in [3.05, 3.63) is 121 Å². The van der Waals surface area contributed by atoms with E-state index in [0.29, 0.717) is 18.5 Å². The molecule has 1 aromatic heterocycles. The number of hydrogen-bond donors (Lipinski definition) is 2. The number of aromatic nitrogens is 1. The second kappa shape index (κ2) is 15.0. The Hall–Kier alpha value is -5.77. The summed E-state index contributed by atoms with van der Waals surface area (Å²) in [5, 5.41) is 9.99. The van der Waals surface area contributed by atoms with Crippen LogP contribution in [0.3, 0.4) is 0 Å². The lowest BCUT2D eigenvalue weighted by Crippen LogP contribution is -2.55. The molecule has 0 spiro atoms. The van der Waals surface area contributed by atoms with Crippen molar-refractivity contribution in [3.63, 3.8) is 0 Å². The van der Waals surface area contributed by atoms with Crippen LogP contribution in [0.1, 0.15) is 24.0 Å². The summed E-state index contributed by atoms with van der Waals surface area (Å²) in [6.07, 6.45) is 4.31. The molecule has 1 aliphatic rings. The summed E-state index contributed by atoms with van der Waals surface area (Å²) in [6.45, 7) is 0. The fourth-order valence-electron chi connectivity index (χ4n) is 6.61. The number of methoxy groups -OCH3 is 2. The number of ether oxygens (including phenoxy) is 2. The molecule has 6 rings (SSSR count). The standard InChI is InChI=1S/C39H38N4O6/c1-48-38(46)32(23-25-11-13-27-7-3-5-9-29(27)21-25)41-36(44)34-15-16-35(43(34)31-17-19-40-20-18-31)37(45)42-33(39(47)49-2)24-26-12-14-28-8-4-6-10-30(28)22-26/h3-14,17-22,32-35H,15-16,23-24H2,1-2H3,(H,41,44)(H,42,45)/t32-,33-,34+,35+/m1/s1. The Morgan fingerprint density at radius 3 is 1.51 bits per heavy atom. The van der Waals surface area contributed by atoms with E-state index in [1.54, 1.807) is 29.4 Å².